The van der Waals surface area contributed by atoms with Crippen LogP contribution < -0.4 is 0 Å². The number of hydrogen-bond acceptors (Lipinski definition) is 2. The van der Waals surface area contributed by atoms with Crippen LogP contribution in [0.2, 0.25) is 0 Å². The molecule has 0 N–H and O–H groups in total. The summed E-state index contributed by atoms with van der Waals surface area (Å²) in [4.78, 5) is 2.62. The summed E-state index contributed by atoms with van der Waals surface area (Å²) in [7, 11) is 0. The van der Waals surface area contributed by atoms with Crippen LogP contribution >= 0.6 is 38.6 Å². The highest BCUT2D eigenvalue weighted by atomic mass is 79.9. The molecular formula is C10H9BrS2. The minimum absolute atomic E-state index is 1.16. The van der Waals surface area contributed by atoms with E-state index >= 15 is 0 Å². The molecule has 0 aromatic carbocycles. The molecule has 2 heterocycles. The van der Waals surface area contributed by atoms with Gasteiger partial charge >= 0.3 is 0 Å². The fraction of sp³-hybridized carbons (Fsp3) is 0.200. The Morgan fingerprint density at radius 1 is 1.23 bits per heavy atom. The molecule has 0 unspecified atom stereocenters. The second kappa shape index (κ2) is 5.58. The highest BCUT2D eigenvalue weighted by molar-refractivity contribution is 9.10. The van der Waals surface area contributed by atoms with Crippen LogP contribution in [-0.4, -0.2) is 0 Å². The Labute approximate surface area is 95.4 Å². The molecule has 68 valence electrons. The van der Waals surface area contributed by atoms with E-state index in [2.05, 4.69) is 40.5 Å². The molecule has 3 heteroatoms. The number of thiophene rings is 2. The second-order valence-electron chi connectivity index (χ2n) is 2.43. The summed E-state index contributed by atoms with van der Waals surface area (Å²) in [5, 5.41) is 5.96. The van der Waals surface area contributed by atoms with Gasteiger partial charge in [-0.3, -0.25) is 0 Å². The number of aryl methyl sites for hydroxylation is 2. The zero-order valence-corrected chi connectivity index (χ0v) is 10.6. The highest BCUT2D eigenvalue weighted by Gasteiger charge is 1.90. The van der Waals surface area contributed by atoms with E-state index in [1.54, 1.807) is 22.7 Å². The number of hydrogen-bond donors (Lipinski definition) is 0. The molecule has 0 atom stereocenters. The van der Waals surface area contributed by atoms with Gasteiger partial charge in [-0.2, -0.15) is 0 Å². The monoisotopic (exact) mass is 272 g/mol. The third-order valence-electron chi connectivity index (χ3n) is 1.34. The first-order valence-electron chi connectivity index (χ1n) is 3.74. The van der Waals surface area contributed by atoms with Crippen LogP contribution in [0.25, 0.3) is 0 Å². The van der Waals surface area contributed by atoms with E-state index in [4.69, 9.17) is 0 Å². The first-order chi connectivity index (χ1) is 6.20. The third kappa shape index (κ3) is 4.07. The molecule has 13 heavy (non-hydrogen) atoms. The zero-order valence-electron chi connectivity index (χ0n) is 7.43. The van der Waals surface area contributed by atoms with Gasteiger partial charge in [0.1, 0.15) is 0 Å². The van der Waals surface area contributed by atoms with E-state index in [1.165, 1.54) is 9.75 Å². The Balaban J connectivity index is 0.000000132. The first-order valence-corrected chi connectivity index (χ1v) is 6.17. The summed E-state index contributed by atoms with van der Waals surface area (Å²) in [5.74, 6) is 0. The SMILES string of the molecule is Cc1cc[c]s1.Cc1s[c]cc1Br. The molecule has 0 aliphatic carbocycles. The minimum Gasteiger partial charge on any atom is -0.140 e. The first kappa shape index (κ1) is 11.0. The fourth-order valence-corrected chi connectivity index (χ4v) is 2.11. The van der Waals surface area contributed by atoms with E-state index < -0.39 is 0 Å². The van der Waals surface area contributed by atoms with Crippen LogP contribution in [-0.2, 0) is 0 Å². The van der Waals surface area contributed by atoms with Crippen molar-refractivity contribution in [2.45, 2.75) is 13.8 Å². The van der Waals surface area contributed by atoms with Crippen LogP contribution in [0, 0.1) is 24.6 Å². The van der Waals surface area contributed by atoms with Crippen molar-refractivity contribution < 1.29 is 0 Å². The Bertz CT molecular complexity index is 319. The van der Waals surface area contributed by atoms with E-state index in [-0.39, 0.29) is 0 Å². The van der Waals surface area contributed by atoms with Gasteiger partial charge in [0.25, 0.3) is 0 Å². The van der Waals surface area contributed by atoms with Crippen LogP contribution in [0.5, 0.6) is 0 Å². The molecule has 0 saturated heterocycles. The Kier molecular flexibility index (Phi) is 4.70. The number of rotatable bonds is 0. The zero-order chi connectivity index (χ0) is 9.68. The highest BCUT2D eigenvalue weighted by Crippen LogP contribution is 2.19. The normalized spacial score (nSPS) is 9.15. The average molecular weight is 273 g/mol. The van der Waals surface area contributed by atoms with Crippen molar-refractivity contribution in [2.75, 3.05) is 0 Å². The van der Waals surface area contributed by atoms with Crippen LogP contribution in [0.3, 0.4) is 0 Å². The molecule has 2 rings (SSSR count). The van der Waals surface area contributed by atoms with Gasteiger partial charge in [0.05, 0.1) is 0 Å². The molecule has 0 amide bonds. The predicted octanol–water partition coefficient (Wildman–Crippen LogP) is 4.48. The van der Waals surface area contributed by atoms with Crippen LogP contribution in [0.4, 0.5) is 0 Å². The minimum atomic E-state index is 1.16. The van der Waals surface area contributed by atoms with Crippen molar-refractivity contribution in [3.05, 3.63) is 43.2 Å². The molecule has 0 fully saturated rings. The maximum absolute atomic E-state index is 3.34. The van der Waals surface area contributed by atoms with Crippen molar-refractivity contribution in [1.82, 2.24) is 0 Å². The summed E-state index contributed by atoms with van der Waals surface area (Å²) in [5.41, 5.74) is 0. The van der Waals surface area contributed by atoms with Crippen molar-refractivity contribution >= 4 is 38.6 Å². The lowest BCUT2D eigenvalue weighted by Crippen LogP contribution is -1.53. The smallest absolute Gasteiger partial charge is 0.0457 e. The molecule has 0 bridgehead atoms. The lowest BCUT2D eigenvalue weighted by atomic mass is 10.5. The standard InChI is InChI=1S/C5H4BrS.C5H5S/c1-4-5(6)2-3-7-4;1-5-3-2-4-6-5/h2H,1H3;2-3H,1H3. The maximum atomic E-state index is 3.34. The van der Waals surface area contributed by atoms with Gasteiger partial charge in [-0.1, -0.05) is 0 Å². The van der Waals surface area contributed by atoms with Crippen LogP contribution in [0.1, 0.15) is 9.75 Å². The summed E-state index contributed by atoms with van der Waals surface area (Å²) < 4.78 is 1.16. The van der Waals surface area contributed by atoms with E-state index in [0.29, 0.717) is 0 Å². The molecule has 0 aliphatic heterocycles. The molecule has 2 aromatic heterocycles. The van der Waals surface area contributed by atoms with E-state index in [0.717, 1.165) is 4.47 Å². The van der Waals surface area contributed by atoms with Crippen molar-refractivity contribution in [3.63, 3.8) is 0 Å². The van der Waals surface area contributed by atoms with Crippen molar-refractivity contribution in [3.8, 4) is 0 Å². The summed E-state index contributed by atoms with van der Waals surface area (Å²) >= 11 is 6.63. The van der Waals surface area contributed by atoms with Gasteiger partial charge < -0.3 is 0 Å². The summed E-state index contributed by atoms with van der Waals surface area (Å²) in [6, 6.07) is 5.91. The Morgan fingerprint density at radius 2 is 2.00 bits per heavy atom. The quantitative estimate of drug-likeness (QED) is 0.664. The largest absolute Gasteiger partial charge is 0.140 e. The van der Waals surface area contributed by atoms with Gasteiger partial charge in [0.2, 0.25) is 0 Å². The van der Waals surface area contributed by atoms with Gasteiger partial charge in [-0.25, -0.2) is 0 Å². The Hall–Kier alpha value is -0.120. The molecule has 2 aromatic rings. The van der Waals surface area contributed by atoms with Crippen molar-refractivity contribution in [1.29, 1.82) is 0 Å². The molecule has 0 aliphatic rings. The Morgan fingerprint density at radius 3 is 2.15 bits per heavy atom. The molecule has 2 radical (unpaired) electrons. The molecule has 0 spiro atoms. The predicted molar refractivity (Wildman–Crippen MR) is 63.5 cm³/mol. The maximum Gasteiger partial charge on any atom is 0.0457 e. The van der Waals surface area contributed by atoms with Crippen LogP contribution in [0.15, 0.2) is 22.7 Å². The second-order valence-corrected chi connectivity index (χ2v) is 5.42. The molecule has 0 saturated carbocycles. The van der Waals surface area contributed by atoms with Gasteiger partial charge in [-0.15, -0.1) is 22.7 Å². The summed E-state index contributed by atoms with van der Waals surface area (Å²) in [6.07, 6.45) is 0. The summed E-state index contributed by atoms with van der Waals surface area (Å²) in [6.45, 7) is 4.13. The molecule has 0 nitrogen and oxygen atoms in total. The lowest BCUT2D eigenvalue weighted by Gasteiger charge is -1.77. The fourth-order valence-electron chi connectivity index (χ4n) is 0.632. The lowest BCUT2D eigenvalue weighted by molar-refractivity contribution is 1.59. The average Bonchev–Trinajstić information content (AvgIpc) is 2.67. The van der Waals surface area contributed by atoms with Gasteiger partial charge in [0.15, 0.2) is 0 Å². The van der Waals surface area contributed by atoms with E-state index in [9.17, 15) is 0 Å². The topological polar surface area (TPSA) is 0 Å². The van der Waals surface area contributed by atoms with Gasteiger partial charge in [0, 0.05) is 25.0 Å². The van der Waals surface area contributed by atoms with E-state index in [1.807, 2.05) is 18.2 Å². The van der Waals surface area contributed by atoms with Crippen molar-refractivity contribution in [2.24, 2.45) is 0 Å². The molecular weight excluding hydrogens is 264 g/mol. The number of halogens is 1. The third-order valence-corrected chi connectivity index (χ3v) is 3.90. The van der Waals surface area contributed by atoms with Gasteiger partial charge in [-0.05, 0) is 48.0 Å².